The molecule has 4 heterocycles. The number of H-pyrrole nitrogens is 1. The van der Waals surface area contributed by atoms with Gasteiger partial charge in [-0.2, -0.15) is 0 Å². The molecule has 24 heavy (non-hydrogen) atoms. The molecule has 4 rings (SSSR count). The summed E-state index contributed by atoms with van der Waals surface area (Å²) in [6.45, 7) is 3.24. The van der Waals surface area contributed by atoms with Crippen LogP contribution in [-0.4, -0.2) is 37.9 Å². The van der Waals surface area contributed by atoms with Crippen LogP contribution in [0.25, 0.3) is 10.9 Å². The molecule has 0 spiro atoms. The van der Waals surface area contributed by atoms with Crippen LogP contribution in [0.15, 0.2) is 43.1 Å². The Balaban J connectivity index is 1.42. The number of nitrogens with one attached hydrogen (secondary N) is 1. The summed E-state index contributed by atoms with van der Waals surface area (Å²) in [7, 11) is 0. The van der Waals surface area contributed by atoms with Crippen molar-refractivity contribution in [2.75, 3.05) is 13.1 Å². The zero-order valence-corrected chi connectivity index (χ0v) is 13.9. The summed E-state index contributed by atoms with van der Waals surface area (Å²) in [5, 5.41) is 1.21. The number of aromatic amines is 1. The van der Waals surface area contributed by atoms with Crippen LogP contribution in [0.5, 0.6) is 0 Å². The van der Waals surface area contributed by atoms with Gasteiger partial charge in [0.25, 0.3) is 0 Å². The minimum atomic E-state index is 0.734. The molecule has 1 saturated heterocycles. The van der Waals surface area contributed by atoms with Gasteiger partial charge >= 0.3 is 0 Å². The van der Waals surface area contributed by atoms with Crippen LogP contribution in [0.4, 0.5) is 0 Å². The summed E-state index contributed by atoms with van der Waals surface area (Å²) >= 11 is 0. The minimum absolute atomic E-state index is 0.734. The lowest BCUT2D eigenvalue weighted by Crippen LogP contribution is -2.25. The van der Waals surface area contributed by atoms with Crippen LogP contribution in [0.2, 0.25) is 0 Å². The monoisotopic (exact) mass is 321 g/mol. The number of hydrogen-bond donors (Lipinski definition) is 1. The number of hydrogen-bond acceptors (Lipinski definition) is 4. The number of nitrogens with zero attached hydrogens (tertiary/aromatic N) is 4. The highest BCUT2D eigenvalue weighted by atomic mass is 15.1. The predicted octanol–water partition coefficient (Wildman–Crippen LogP) is 3.20. The number of pyridine rings is 2. The standard InChI is InChI=1S/C19H23N5/c1-2-15(5-11-24(10-1)14-19-22-8-9-23-19)12-16-3-7-21-18-4-6-20-13-17(16)18/h3-4,6-9,13,15H,1-2,5,10-12,14H2,(H,22,23)/t15-/m0/s1. The van der Waals surface area contributed by atoms with E-state index in [0.29, 0.717) is 0 Å². The number of imidazole rings is 1. The fourth-order valence-corrected chi connectivity index (χ4v) is 3.72. The minimum Gasteiger partial charge on any atom is -0.348 e. The van der Waals surface area contributed by atoms with Crippen LogP contribution in [-0.2, 0) is 13.0 Å². The Kier molecular flexibility index (Phi) is 4.51. The fraction of sp³-hybridized carbons (Fsp3) is 0.421. The molecule has 5 nitrogen and oxygen atoms in total. The predicted molar refractivity (Wildman–Crippen MR) is 94.4 cm³/mol. The van der Waals surface area contributed by atoms with Crippen molar-refractivity contribution in [2.24, 2.45) is 5.92 Å². The Bertz CT molecular complexity index is 778. The lowest BCUT2D eigenvalue weighted by molar-refractivity contribution is 0.266. The third-order valence-corrected chi connectivity index (χ3v) is 5.01. The number of aromatic nitrogens is 4. The molecule has 0 bridgehead atoms. The molecule has 3 aromatic rings. The topological polar surface area (TPSA) is 57.7 Å². The van der Waals surface area contributed by atoms with Crippen molar-refractivity contribution in [3.05, 3.63) is 54.5 Å². The first-order valence-corrected chi connectivity index (χ1v) is 8.77. The lowest BCUT2D eigenvalue weighted by atomic mass is 9.92. The van der Waals surface area contributed by atoms with E-state index in [1.807, 2.05) is 37.1 Å². The molecular formula is C19H23N5. The summed E-state index contributed by atoms with van der Waals surface area (Å²) < 4.78 is 0. The van der Waals surface area contributed by atoms with Crippen LogP contribution >= 0.6 is 0 Å². The van der Waals surface area contributed by atoms with Crippen LogP contribution in [0.3, 0.4) is 0 Å². The summed E-state index contributed by atoms with van der Waals surface area (Å²) in [6.07, 6.45) is 14.3. The molecule has 124 valence electrons. The second kappa shape index (κ2) is 7.09. The maximum Gasteiger partial charge on any atom is 0.120 e. The highest BCUT2D eigenvalue weighted by Gasteiger charge is 2.19. The molecule has 0 radical (unpaired) electrons. The van der Waals surface area contributed by atoms with E-state index in [-0.39, 0.29) is 0 Å². The Hall–Kier alpha value is -2.27. The first-order chi connectivity index (χ1) is 11.9. The molecule has 1 atom stereocenters. The first kappa shape index (κ1) is 15.3. The van der Waals surface area contributed by atoms with Gasteiger partial charge in [0.2, 0.25) is 0 Å². The molecule has 0 aromatic carbocycles. The van der Waals surface area contributed by atoms with E-state index in [9.17, 15) is 0 Å². The molecule has 0 aliphatic carbocycles. The molecule has 1 N–H and O–H groups in total. The van der Waals surface area contributed by atoms with Gasteiger partial charge in [-0.1, -0.05) is 0 Å². The van der Waals surface area contributed by atoms with Crippen molar-refractivity contribution in [2.45, 2.75) is 32.2 Å². The SMILES string of the molecule is c1cc2nccc(C[C@H]3CCCN(Cc4ncc[nH]4)CC3)c2cn1. The van der Waals surface area contributed by atoms with Gasteiger partial charge < -0.3 is 4.98 Å². The molecule has 0 unspecified atom stereocenters. The molecule has 0 saturated carbocycles. The summed E-state index contributed by atoms with van der Waals surface area (Å²) in [5.41, 5.74) is 2.44. The summed E-state index contributed by atoms with van der Waals surface area (Å²) in [5.74, 6) is 1.80. The Labute approximate surface area is 142 Å². The molecule has 1 aliphatic rings. The zero-order chi connectivity index (χ0) is 16.2. The lowest BCUT2D eigenvalue weighted by Gasteiger charge is -2.19. The molecule has 1 aliphatic heterocycles. The van der Waals surface area contributed by atoms with Gasteiger partial charge in [-0.25, -0.2) is 4.98 Å². The maximum atomic E-state index is 4.45. The molecule has 5 heteroatoms. The Morgan fingerprint density at radius 3 is 3.00 bits per heavy atom. The number of fused-ring (bicyclic) bond motifs is 1. The second-order valence-electron chi connectivity index (χ2n) is 6.68. The molecule has 0 amide bonds. The second-order valence-corrected chi connectivity index (χ2v) is 6.68. The smallest absolute Gasteiger partial charge is 0.120 e. The number of likely N-dealkylation sites (tertiary alicyclic amines) is 1. The van der Waals surface area contributed by atoms with Crippen LogP contribution in [0, 0.1) is 5.92 Å². The Morgan fingerprint density at radius 2 is 2.08 bits per heavy atom. The van der Waals surface area contributed by atoms with Crippen LogP contribution in [0.1, 0.15) is 30.7 Å². The summed E-state index contributed by atoms with van der Waals surface area (Å²) in [4.78, 5) is 18.8. The molecule has 1 fully saturated rings. The van der Waals surface area contributed by atoms with Gasteiger partial charge in [0.15, 0.2) is 0 Å². The van der Waals surface area contributed by atoms with E-state index in [1.165, 1.54) is 30.2 Å². The molecular weight excluding hydrogens is 298 g/mol. The van der Waals surface area contributed by atoms with E-state index >= 15 is 0 Å². The third kappa shape index (κ3) is 3.46. The normalized spacial score (nSPS) is 19.4. The van der Waals surface area contributed by atoms with Gasteiger partial charge in [-0.05, 0) is 62.4 Å². The average Bonchev–Trinajstić information content (AvgIpc) is 3.03. The zero-order valence-electron chi connectivity index (χ0n) is 13.9. The summed E-state index contributed by atoms with van der Waals surface area (Å²) in [6, 6.07) is 4.16. The van der Waals surface area contributed by atoms with Gasteiger partial charge in [-0.3, -0.25) is 14.9 Å². The van der Waals surface area contributed by atoms with Crippen molar-refractivity contribution < 1.29 is 0 Å². The Morgan fingerprint density at radius 1 is 1.08 bits per heavy atom. The van der Waals surface area contributed by atoms with Crippen LogP contribution < -0.4 is 0 Å². The van der Waals surface area contributed by atoms with E-state index in [4.69, 9.17) is 0 Å². The van der Waals surface area contributed by atoms with Gasteiger partial charge in [0.05, 0.1) is 12.1 Å². The van der Waals surface area contributed by atoms with Gasteiger partial charge in [0, 0.05) is 36.4 Å². The quantitative estimate of drug-likeness (QED) is 0.802. The molecule has 3 aromatic heterocycles. The van der Waals surface area contributed by atoms with Crippen molar-refractivity contribution in [1.82, 2.24) is 24.8 Å². The third-order valence-electron chi connectivity index (χ3n) is 5.01. The highest BCUT2D eigenvalue weighted by Crippen LogP contribution is 2.25. The van der Waals surface area contributed by atoms with Crippen molar-refractivity contribution in [1.29, 1.82) is 0 Å². The number of rotatable bonds is 4. The van der Waals surface area contributed by atoms with Crippen molar-refractivity contribution in [3.63, 3.8) is 0 Å². The largest absolute Gasteiger partial charge is 0.348 e. The average molecular weight is 321 g/mol. The maximum absolute atomic E-state index is 4.45. The van der Waals surface area contributed by atoms with E-state index in [0.717, 1.165) is 43.3 Å². The fourth-order valence-electron chi connectivity index (χ4n) is 3.72. The van der Waals surface area contributed by atoms with E-state index in [1.54, 1.807) is 0 Å². The highest BCUT2D eigenvalue weighted by molar-refractivity contribution is 5.80. The first-order valence-electron chi connectivity index (χ1n) is 8.77. The van der Waals surface area contributed by atoms with Crippen molar-refractivity contribution >= 4 is 10.9 Å². The van der Waals surface area contributed by atoms with E-state index < -0.39 is 0 Å². The van der Waals surface area contributed by atoms with Crippen molar-refractivity contribution in [3.8, 4) is 0 Å². The van der Waals surface area contributed by atoms with Gasteiger partial charge in [-0.15, -0.1) is 0 Å². The van der Waals surface area contributed by atoms with E-state index in [2.05, 4.69) is 30.9 Å². The van der Waals surface area contributed by atoms with Gasteiger partial charge in [0.1, 0.15) is 5.82 Å².